The van der Waals surface area contributed by atoms with Crippen molar-refractivity contribution in [2.75, 3.05) is 0 Å². The summed E-state index contributed by atoms with van der Waals surface area (Å²) >= 11 is 0. The maximum Gasteiger partial charge on any atom is 0.131 e. The molecule has 0 N–H and O–H groups in total. The van der Waals surface area contributed by atoms with Crippen LogP contribution in [0.25, 0.3) is 60.2 Å². The molecule has 0 aliphatic carbocycles. The van der Waals surface area contributed by atoms with E-state index in [1.807, 2.05) is 6.07 Å². The number of nitrogens with zero attached hydrogens (tertiary/aromatic N) is 1. The third-order valence-corrected chi connectivity index (χ3v) is 9.41. The minimum atomic E-state index is -0.144. The maximum atomic E-state index is 6.31. The van der Waals surface area contributed by atoms with Crippen LogP contribution < -0.4 is 4.74 Å². The van der Waals surface area contributed by atoms with Crippen molar-refractivity contribution in [3.8, 4) is 28.3 Å². The van der Waals surface area contributed by atoms with E-state index in [0.29, 0.717) is 0 Å². The fraction of sp³-hybridized carbons (Fsp3) is 0.0732. The molecule has 204 valence electrons. The van der Waals surface area contributed by atoms with Crippen LogP contribution in [0.5, 0.6) is 11.5 Å². The molecule has 1 aromatic heterocycles. The third-order valence-electron chi connectivity index (χ3n) is 9.41. The molecule has 0 atom stereocenters. The summed E-state index contributed by atoms with van der Waals surface area (Å²) in [4.78, 5) is 0. The van der Waals surface area contributed by atoms with Gasteiger partial charge in [-0.1, -0.05) is 105 Å². The molecule has 0 radical (unpaired) electrons. The standard InChI is InChI=1S/C41H29NO/c1-41(2)34-13-7-8-14-38(34)43-39-22-18-30(24-35(39)41)26-15-19-31(20-16-26)42-36-21-17-27-9-5-6-12-32(27)40(36)33-23-28-10-3-4-11-29(28)25-37(33)42/h3-25H,1-2H3. The van der Waals surface area contributed by atoms with Crippen molar-refractivity contribution >= 4 is 43.4 Å². The Morgan fingerprint density at radius 2 is 1.16 bits per heavy atom. The van der Waals surface area contributed by atoms with Crippen molar-refractivity contribution < 1.29 is 4.74 Å². The summed E-state index contributed by atoms with van der Waals surface area (Å²) in [5.74, 6) is 1.89. The van der Waals surface area contributed by atoms with Gasteiger partial charge in [-0.05, 0) is 81.2 Å². The van der Waals surface area contributed by atoms with Crippen molar-refractivity contribution in [3.05, 3.63) is 151 Å². The Bertz CT molecular complexity index is 2390. The number of hydrogen-bond donors (Lipinski definition) is 0. The first kappa shape index (κ1) is 24.3. The molecule has 0 saturated carbocycles. The van der Waals surface area contributed by atoms with E-state index in [9.17, 15) is 0 Å². The van der Waals surface area contributed by atoms with Gasteiger partial charge in [0.05, 0.1) is 11.0 Å². The smallest absolute Gasteiger partial charge is 0.131 e. The highest BCUT2D eigenvalue weighted by atomic mass is 16.5. The molecule has 43 heavy (non-hydrogen) atoms. The van der Waals surface area contributed by atoms with Crippen LogP contribution in [0.1, 0.15) is 25.0 Å². The molecule has 0 spiro atoms. The van der Waals surface area contributed by atoms with Crippen LogP contribution in [-0.4, -0.2) is 4.57 Å². The molecule has 1 aliphatic heterocycles. The van der Waals surface area contributed by atoms with Gasteiger partial charge in [0.15, 0.2) is 0 Å². The van der Waals surface area contributed by atoms with Crippen molar-refractivity contribution in [2.24, 2.45) is 0 Å². The van der Waals surface area contributed by atoms with Crippen LogP contribution in [0, 0.1) is 0 Å². The number of rotatable bonds is 2. The fourth-order valence-electron chi connectivity index (χ4n) is 7.18. The number of benzene rings is 7. The molecule has 0 bridgehead atoms. The molecule has 0 saturated heterocycles. The maximum absolute atomic E-state index is 6.31. The highest BCUT2D eigenvalue weighted by Gasteiger charge is 2.34. The number of fused-ring (bicyclic) bond motifs is 8. The second kappa shape index (κ2) is 8.83. The molecule has 7 aromatic carbocycles. The molecule has 8 aromatic rings. The monoisotopic (exact) mass is 551 g/mol. The predicted octanol–water partition coefficient (Wildman–Crippen LogP) is 11.2. The molecule has 1 aliphatic rings. The minimum absolute atomic E-state index is 0.144. The average Bonchev–Trinajstić information content (AvgIpc) is 3.37. The average molecular weight is 552 g/mol. The molecule has 0 amide bonds. The minimum Gasteiger partial charge on any atom is -0.457 e. The summed E-state index contributed by atoms with van der Waals surface area (Å²) in [6.45, 7) is 4.57. The normalized spacial score (nSPS) is 13.7. The Labute approximate surface area is 250 Å². The Hall–Kier alpha value is -5.34. The zero-order valence-corrected chi connectivity index (χ0v) is 24.1. The number of hydrogen-bond acceptors (Lipinski definition) is 1. The number of para-hydroxylation sites is 1. The molecule has 0 fully saturated rings. The van der Waals surface area contributed by atoms with Gasteiger partial charge in [0.2, 0.25) is 0 Å². The van der Waals surface area contributed by atoms with Gasteiger partial charge in [-0.2, -0.15) is 0 Å². The van der Waals surface area contributed by atoms with Gasteiger partial charge < -0.3 is 9.30 Å². The number of ether oxygens (including phenoxy) is 1. The van der Waals surface area contributed by atoms with Crippen LogP contribution in [0.15, 0.2) is 140 Å². The number of aromatic nitrogens is 1. The van der Waals surface area contributed by atoms with Crippen molar-refractivity contribution in [1.82, 2.24) is 4.57 Å². The van der Waals surface area contributed by atoms with E-state index < -0.39 is 0 Å². The summed E-state index contributed by atoms with van der Waals surface area (Å²) in [5.41, 5.74) is 8.29. The quantitative estimate of drug-likeness (QED) is 0.208. The van der Waals surface area contributed by atoms with Gasteiger partial charge in [-0.25, -0.2) is 0 Å². The lowest BCUT2D eigenvalue weighted by atomic mass is 9.75. The molecular weight excluding hydrogens is 522 g/mol. The van der Waals surface area contributed by atoms with E-state index in [4.69, 9.17) is 4.74 Å². The summed E-state index contributed by atoms with van der Waals surface area (Å²) in [5, 5.41) is 7.65. The van der Waals surface area contributed by atoms with Crippen LogP contribution in [-0.2, 0) is 5.41 Å². The summed E-state index contributed by atoms with van der Waals surface area (Å²) < 4.78 is 8.74. The zero-order valence-electron chi connectivity index (χ0n) is 24.1. The van der Waals surface area contributed by atoms with Crippen molar-refractivity contribution in [1.29, 1.82) is 0 Å². The van der Waals surface area contributed by atoms with Crippen molar-refractivity contribution in [3.63, 3.8) is 0 Å². The second-order valence-corrected chi connectivity index (χ2v) is 12.2. The topological polar surface area (TPSA) is 14.2 Å². The molecular formula is C41H29NO. The van der Waals surface area contributed by atoms with Gasteiger partial charge >= 0.3 is 0 Å². The van der Waals surface area contributed by atoms with Gasteiger partial charge in [-0.3, -0.25) is 0 Å². The van der Waals surface area contributed by atoms with E-state index in [1.165, 1.54) is 65.6 Å². The van der Waals surface area contributed by atoms with Gasteiger partial charge in [0.25, 0.3) is 0 Å². The lowest BCUT2D eigenvalue weighted by Gasteiger charge is -2.34. The van der Waals surface area contributed by atoms with Crippen LogP contribution in [0.4, 0.5) is 0 Å². The molecule has 2 nitrogen and oxygen atoms in total. The first-order valence-corrected chi connectivity index (χ1v) is 14.9. The Balaban J connectivity index is 1.21. The highest BCUT2D eigenvalue weighted by Crippen LogP contribution is 2.48. The van der Waals surface area contributed by atoms with Gasteiger partial charge in [0.1, 0.15) is 11.5 Å². The Kier molecular flexibility index (Phi) is 4.99. The van der Waals surface area contributed by atoms with Gasteiger partial charge in [-0.15, -0.1) is 0 Å². The van der Waals surface area contributed by atoms with E-state index in [2.05, 4.69) is 152 Å². The molecule has 0 unspecified atom stereocenters. The second-order valence-electron chi connectivity index (χ2n) is 12.2. The summed E-state index contributed by atoms with van der Waals surface area (Å²) in [7, 11) is 0. The summed E-state index contributed by atoms with van der Waals surface area (Å²) in [6.07, 6.45) is 0. The van der Waals surface area contributed by atoms with Crippen LogP contribution in [0.2, 0.25) is 0 Å². The molecule has 9 rings (SSSR count). The predicted molar refractivity (Wildman–Crippen MR) is 180 cm³/mol. The first-order valence-electron chi connectivity index (χ1n) is 14.9. The lowest BCUT2D eigenvalue weighted by molar-refractivity contribution is 0.418. The Morgan fingerprint density at radius 1 is 0.488 bits per heavy atom. The van der Waals surface area contributed by atoms with E-state index in [0.717, 1.165) is 17.2 Å². The zero-order chi connectivity index (χ0) is 28.7. The van der Waals surface area contributed by atoms with E-state index in [1.54, 1.807) is 0 Å². The third kappa shape index (κ3) is 3.53. The SMILES string of the molecule is CC1(C)c2ccccc2Oc2ccc(-c3ccc(-n4c5cc6ccccc6cc5c5c6ccccc6ccc54)cc3)cc21. The van der Waals surface area contributed by atoms with Crippen LogP contribution in [0.3, 0.4) is 0 Å². The lowest BCUT2D eigenvalue weighted by Crippen LogP contribution is -2.24. The van der Waals surface area contributed by atoms with E-state index in [-0.39, 0.29) is 5.41 Å². The Morgan fingerprint density at radius 3 is 2.00 bits per heavy atom. The summed E-state index contributed by atoms with van der Waals surface area (Å²) in [6, 6.07) is 50.6. The van der Waals surface area contributed by atoms with Gasteiger partial charge in [0, 0.05) is 33.0 Å². The largest absolute Gasteiger partial charge is 0.457 e. The first-order chi connectivity index (χ1) is 21.1. The highest BCUT2D eigenvalue weighted by molar-refractivity contribution is 6.23. The van der Waals surface area contributed by atoms with E-state index >= 15 is 0 Å². The molecule has 2 heterocycles. The van der Waals surface area contributed by atoms with Crippen molar-refractivity contribution in [2.45, 2.75) is 19.3 Å². The fourth-order valence-corrected chi connectivity index (χ4v) is 7.18. The molecule has 2 heteroatoms. The van der Waals surface area contributed by atoms with Crippen LogP contribution >= 0.6 is 0 Å².